The SMILES string of the molecule is CC(C)C(CO)NCCc1ccc(Cl)s1. The number of hydrogen-bond acceptors (Lipinski definition) is 3. The van der Waals surface area contributed by atoms with Crippen LogP contribution in [0.15, 0.2) is 12.1 Å². The van der Waals surface area contributed by atoms with Crippen LogP contribution in [-0.2, 0) is 6.42 Å². The summed E-state index contributed by atoms with van der Waals surface area (Å²) in [4.78, 5) is 1.29. The highest BCUT2D eigenvalue weighted by Crippen LogP contribution is 2.21. The van der Waals surface area contributed by atoms with Crippen molar-refractivity contribution in [2.24, 2.45) is 5.92 Å². The standard InChI is InChI=1S/C11H18ClNOS/c1-8(2)10(7-14)13-6-5-9-3-4-11(12)15-9/h3-4,8,10,13-14H,5-7H2,1-2H3. The minimum absolute atomic E-state index is 0.195. The molecule has 1 heterocycles. The van der Waals surface area contributed by atoms with E-state index in [-0.39, 0.29) is 12.6 Å². The van der Waals surface area contributed by atoms with Crippen LogP contribution in [0.5, 0.6) is 0 Å². The zero-order chi connectivity index (χ0) is 11.3. The van der Waals surface area contributed by atoms with E-state index < -0.39 is 0 Å². The zero-order valence-corrected chi connectivity index (χ0v) is 10.7. The van der Waals surface area contributed by atoms with Crippen molar-refractivity contribution in [3.05, 3.63) is 21.3 Å². The molecule has 15 heavy (non-hydrogen) atoms. The van der Waals surface area contributed by atoms with Crippen LogP contribution >= 0.6 is 22.9 Å². The van der Waals surface area contributed by atoms with E-state index in [2.05, 4.69) is 25.2 Å². The summed E-state index contributed by atoms with van der Waals surface area (Å²) < 4.78 is 0.840. The molecule has 0 aromatic carbocycles. The minimum Gasteiger partial charge on any atom is -0.395 e. The smallest absolute Gasteiger partial charge is 0.0931 e. The first-order valence-electron chi connectivity index (χ1n) is 5.22. The maximum atomic E-state index is 9.12. The van der Waals surface area contributed by atoms with Crippen LogP contribution in [0.4, 0.5) is 0 Å². The predicted molar refractivity (Wildman–Crippen MR) is 66.7 cm³/mol. The van der Waals surface area contributed by atoms with Gasteiger partial charge in [-0.15, -0.1) is 11.3 Å². The summed E-state index contributed by atoms with van der Waals surface area (Å²) in [6.07, 6.45) is 0.973. The van der Waals surface area contributed by atoms with E-state index in [9.17, 15) is 0 Å². The van der Waals surface area contributed by atoms with Gasteiger partial charge in [0.1, 0.15) is 0 Å². The fraction of sp³-hybridized carbons (Fsp3) is 0.636. The van der Waals surface area contributed by atoms with Gasteiger partial charge in [-0.05, 0) is 24.5 Å². The zero-order valence-electron chi connectivity index (χ0n) is 9.16. The predicted octanol–water partition coefficient (Wildman–Crippen LogP) is 2.55. The molecule has 0 spiro atoms. The Kier molecular flexibility index (Phi) is 5.61. The van der Waals surface area contributed by atoms with E-state index in [0.29, 0.717) is 5.92 Å². The highest BCUT2D eigenvalue weighted by molar-refractivity contribution is 7.16. The minimum atomic E-state index is 0.195. The van der Waals surface area contributed by atoms with Gasteiger partial charge in [0.2, 0.25) is 0 Å². The van der Waals surface area contributed by atoms with E-state index in [1.165, 1.54) is 4.88 Å². The molecule has 86 valence electrons. The number of aliphatic hydroxyl groups is 1. The molecule has 1 aromatic heterocycles. The van der Waals surface area contributed by atoms with E-state index in [1.807, 2.05) is 6.07 Å². The lowest BCUT2D eigenvalue weighted by atomic mass is 10.1. The molecule has 0 aliphatic heterocycles. The Bertz CT molecular complexity index is 288. The summed E-state index contributed by atoms with van der Waals surface area (Å²) in [7, 11) is 0. The van der Waals surface area contributed by atoms with Gasteiger partial charge in [0, 0.05) is 17.5 Å². The van der Waals surface area contributed by atoms with Crippen molar-refractivity contribution in [1.29, 1.82) is 0 Å². The summed E-state index contributed by atoms with van der Waals surface area (Å²) in [5.74, 6) is 0.460. The van der Waals surface area contributed by atoms with Crippen LogP contribution in [-0.4, -0.2) is 24.3 Å². The fourth-order valence-corrected chi connectivity index (χ4v) is 2.46. The van der Waals surface area contributed by atoms with Crippen LogP contribution in [0, 0.1) is 5.92 Å². The quantitative estimate of drug-likeness (QED) is 0.810. The second kappa shape index (κ2) is 6.48. The maximum absolute atomic E-state index is 9.12. The van der Waals surface area contributed by atoms with Crippen molar-refractivity contribution >= 4 is 22.9 Å². The molecular weight excluding hydrogens is 230 g/mol. The highest BCUT2D eigenvalue weighted by Gasteiger charge is 2.10. The Hall–Kier alpha value is -0.0900. The Morgan fingerprint density at radius 3 is 2.67 bits per heavy atom. The van der Waals surface area contributed by atoms with Gasteiger partial charge < -0.3 is 10.4 Å². The highest BCUT2D eigenvalue weighted by atomic mass is 35.5. The summed E-state index contributed by atoms with van der Waals surface area (Å²) in [6, 6.07) is 4.17. The van der Waals surface area contributed by atoms with Gasteiger partial charge in [-0.25, -0.2) is 0 Å². The summed E-state index contributed by atoms with van der Waals surface area (Å²) in [5.41, 5.74) is 0. The first-order valence-corrected chi connectivity index (χ1v) is 6.41. The third-order valence-corrected chi connectivity index (χ3v) is 3.70. The molecule has 0 radical (unpaired) electrons. The van der Waals surface area contributed by atoms with Gasteiger partial charge in [-0.3, -0.25) is 0 Å². The number of rotatable bonds is 6. The largest absolute Gasteiger partial charge is 0.395 e. The molecule has 1 atom stereocenters. The van der Waals surface area contributed by atoms with Crippen LogP contribution < -0.4 is 5.32 Å². The second-order valence-corrected chi connectivity index (χ2v) is 5.74. The average molecular weight is 248 g/mol. The molecule has 4 heteroatoms. The average Bonchev–Trinajstić information content (AvgIpc) is 2.58. The molecule has 1 unspecified atom stereocenters. The summed E-state index contributed by atoms with van der Waals surface area (Å²) >= 11 is 7.46. The van der Waals surface area contributed by atoms with Crippen LogP contribution in [0.3, 0.4) is 0 Å². The molecule has 2 N–H and O–H groups in total. The number of thiophene rings is 1. The van der Waals surface area contributed by atoms with Crippen LogP contribution in [0.25, 0.3) is 0 Å². The molecule has 0 aliphatic rings. The number of hydrogen-bond donors (Lipinski definition) is 2. The fourth-order valence-electron chi connectivity index (χ4n) is 1.38. The molecule has 0 bridgehead atoms. The lowest BCUT2D eigenvalue weighted by Crippen LogP contribution is -2.38. The van der Waals surface area contributed by atoms with E-state index in [4.69, 9.17) is 16.7 Å². The Morgan fingerprint density at radius 2 is 2.20 bits per heavy atom. The van der Waals surface area contributed by atoms with Gasteiger partial charge in [0.15, 0.2) is 0 Å². The van der Waals surface area contributed by atoms with Crippen molar-refractivity contribution in [1.82, 2.24) is 5.32 Å². The van der Waals surface area contributed by atoms with Crippen molar-refractivity contribution in [3.63, 3.8) is 0 Å². The molecule has 1 aromatic rings. The van der Waals surface area contributed by atoms with Gasteiger partial charge in [-0.2, -0.15) is 0 Å². The molecule has 1 rings (SSSR count). The molecule has 0 amide bonds. The lowest BCUT2D eigenvalue weighted by molar-refractivity contribution is 0.212. The lowest BCUT2D eigenvalue weighted by Gasteiger charge is -2.19. The van der Waals surface area contributed by atoms with Crippen molar-refractivity contribution in [2.75, 3.05) is 13.2 Å². The first kappa shape index (κ1) is 13.0. The van der Waals surface area contributed by atoms with Crippen molar-refractivity contribution in [2.45, 2.75) is 26.3 Å². The Morgan fingerprint density at radius 1 is 1.47 bits per heavy atom. The number of aliphatic hydroxyl groups excluding tert-OH is 1. The monoisotopic (exact) mass is 247 g/mol. The van der Waals surface area contributed by atoms with E-state index in [1.54, 1.807) is 11.3 Å². The molecule has 0 fully saturated rings. The van der Waals surface area contributed by atoms with Crippen molar-refractivity contribution in [3.8, 4) is 0 Å². The number of halogens is 1. The Labute approximate surface area is 100 Å². The molecule has 2 nitrogen and oxygen atoms in total. The second-order valence-electron chi connectivity index (χ2n) is 3.94. The van der Waals surface area contributed by atoms with Crippen LogP contribution in [0.1, 0.15) is 18.7 Å². The molecular formula is C11H18ClNOS. The molecule has 0 aliphatic carbocycles. The number of nitrogens with one attached hydrogen (secondary N) is 1. The van der Waals surface area contributed by atoms with E-state index in [0.717, 1.165) is 17.3 Å². The molecule has 0 saturated carbocycles. The molecule has 0 saturated heterocycles. The third-order valence-electron chi connectivity index (χ3n) is 2.41. The first-order chi connectivity index (χ1) is 7.13. The summed E-state index contributed by atoms with van der Waals surface area (Å²) in [5, 5.41) is 12.5. The maximum Gasteiger partial charge on any atom is 0.0931 e. The van der Waals surface area contributed by atoms with Crippen molar-refractivity contribution < 1.29 is 5.11 Å². The topological polar surface area (TPSA) is 32.3 Å². The van der Waals surface area contributed by atoms with E-state index >= 15 is 0 Å². The van der Waals surface area contributed by atoms with Gasteiger partial charge in [0.25, 0.3) is 0 Å². The third kappa shape index (κ3) is 4.51. The van der Waals surface area contributed by atoms with Gasteiger partial charge >= 0.3 is 0 Å². The van der Waals surface area contributed by atoms with Gasteiger partial charge in [-0.1, -0.05) is 25.4 Å². The van der Waals surface area contributed by atoms with Gasteiger partial charge in [0.05, 0.1) is 10.9 Å². The Balaban J connectivity index is 2.26. The van der Waals surface area contributed by atoms with Crippen LogP contribution in [0.2, 0.25) is 4.34 Å². The normalized spacial score (nSPS) is 13.4. The summed E-state index contributed by atoms with van der Waals surface area (Å²) in [6.45, 7) is 5.30.